The third-order valence-corrected chi connectivity index (χ3v) is 2.61. The zero-order valence-corrected chi connectivity index (χ0v) is 9.81. The fourth-order valence-electron chi connectivity index (χ4n) is 1.63. The Balaban J connectivity index is 2.20. The van der Waals surface area contributed by atoms with Gasteiger partial charge in [0.05, 0.1) is 6.54 Å². The molecule has 0 fully saturated rings. The number of aryl methyl sites for hydroxylation is 1. The summed E-state index contributed by atoms with van der Waals surface area (Å²) in [6.45, 7) is 5.12. The second-order valence-corrected chi connectivity index (χ2v) is 3.78. The van der Waals surface area contributed by atoms with Crippen LogP contribution in [0.4, 0.5) is 10.1 Å². The second kappa shape index (κ2) is 4.90. The lowest BCUT2D eigenvalue weighted by Crippen LogP contribution is -2.22. The normalized spacial score (nSPS) is 10.5. The van der Waals surface area contributed by atoms with Crippen molar-refractivity contribution in [3.05, 3.63) is 35.4 Å². The molecule has 1 aromatic carbocycles. The topological polar surface area (TPSA) is 57.7 Å². The second-order valence-electron chi connectivity index (χ2n) is 3.78. The summed E-state index contributed by atoms with van der Waals surface area (Å²) in [7, 11) is 0. The number of nitrogens with zero attached hydrogens (tertiary/aromatic N) is 4. The minimum absolute atomic E-state index is 0.190. The number of halogens is 1. The van der Waals surface area contributed by atoms with Gasteiger partial charge >= 0.3 is 0 Å². The molecule has 0 saturated carbocycles. The van der Waals surface area contributed by atoms with Crippen LogP contribution in [0.1, 0.15) is 18.3 Å². The Hall–Kier alpha value is -1.98. The molecule has 0 radical (unpaired) electrons. The maximum atomic E-state index is 13.2. The van der Waals surface area contributed by atoms with E-state index >= 15 is 0 Å². The molecular formula is C11H14FN5. The molecule has 0 aliphatic carbocycles. The molecule has 0 unspecified atom stereocenters. The van der Waals surface area contributed by atoms with Crippen molar-refractivity contribution >= 4 is 5.69 Å². The molecule has 1 N–H and O–H groups in total. The molecule has 2 rings (SSSR count). The van der Waals surface area contributed by atoms with Crippen LogP contribution in [0.2, 0.25) is 0 Å². The lowest BCUT2D eigenvalue weighted by atomic mass is 10.2. The van der Waals surface area contributed by atoms with Gasteiger partial charge in [0.15, 0.2) is 5.82 Å². The summed E-state index contributed by atoms with van der Waals surface area (Å²) in [5.41, 5.74) is 1.59. The zero-order chi connectivity index (χ0) is 12.3. The molecular weight excluding hydrogens is 221 g/mol. The van der Waals surface area contributed by atoms with E-state index in [-0.39, 0.29) is 5.82 Å². The van der Waals surface area contributed by atoms with E-state index in [1.54, 1.807) is 13.0 Å². The van der Waals surface area contributed by atoms with E-state index in [9.17, 15) is 4.39 Å². The van der Waals surface area contributed by atoms with Gasteiger partial charge in [-0.25, -0.2) is 4.39 Å². The molecule has 90 valence electrons. The summed E-state index contributed by atoms with van der Waals surface area (Å²) in [6.07, 6.45) is 0. The van der Waals surface area contributed by atoms with E-state index in [1.807, 2.05) is 13.0 Å². The van der Waals surface area contributed by atoms with Crippen molar-refractivity contribution in [2.75, 3.05) is 11.4 Å². The molecule has 6 heteroatoms. The first-order valence-corrected chi connectivity index (χ1v) is 5.44. The van der Waals surface area contributed by atoms with Gasteiger partial charge in [0.2, 0.25) is 0 Å². The summed E-state index contributed by atoms with van der Waals surface area (Å²) in [6, 6.07) is 5.05. The van der Waals surface area contributed by atoms with Gasteiger partial charge in [0, 0.05) is 12.2 Å². The van der Waals surface area contributed by atoms with E-state index in [2.05, 4.69) is 25.5 Å². The van der Waals surface area contributed by atoms with Gasteiger partial charge < -0.3 is 4.90 Å². The highest BCUT2D eigenvalue weighted by molar-refractivity contribution is 5.48. The van der Waals surface area contributed by atoms with Crippen LogP contribution in [0.5, 0.6) is 0 Å². The molecule has 0 aliphatic rings. The van der Waals surface area contributed by atoms with Crippen LogP contribution in [0, 0.1) is 12.7 Å². The minimum Gasteiger partial charge on any atom is -0.364 e. The highest BCUT2D eigenvalue weighted by Crippen LogP contribution is 2.19. The molecule has 1 aromatic heterocycles. The number of aromatic amines is 1. The lowest BCUT2D eigenvalue weighted by Gasteiger charge is -2.21. The van der Waals surface area contributed by atoms with Gasteiger partial charge in [-0.1, -0.05) is 5.21 Å². The van der Waals surface area contributed by atoms with E-state index < -0.39 is 0 Å². The highest BCUT2D eigenvalue weighted by atomic mass is 19.1. The van der Waals surface area contributed by atoms with Crippen LogP contribution in [0.25, 0.3) is 0 Å². The van der Waals surface area contributed by atoms with Crippen molar-refractivity contribution in [1.82, 2.24) is 20.6 Å². The van der Waals surface area contributed by atoms with Crippen molar-refractivity contribution in [2.45, 2.75) is 20.4 Å². The average Bonchev–Trinajstić information content (AvgIpc) is 2.82. The molecule has 0 spiro atoms. The standard InChI is InChI=1S/C11H14FN5/c1-3-17(7-11-13-15-16-14-11)9-4-5-10(12)8(2)6-9/h4-6H,3,7H2,1-2H3,(H,13,14,15,16). The van der Waals surface area contributed by atoms with E-state index in [0.717, 1.165) is 12.2 Å². The summed E-state index contributed by atoms with van der Waals surface area (Å²) in [5, 5.41) is 13.7. The molecule has 0 aliphatic heterocycles. The quantitative estimate of drug-likeness (QED) is 0.875. The molecule has 1 heterocycles. The average molecular weight is 235 g/mol. The molecule has 0 amide bonds. The SMILES string of the molecule is CCN(Cc1nn[nH]n1)c1ccc(F)c(C)c1. The first kappa shape index (κ1) is 11.5. The molecule has 0 bridgehead atoms. The number of hydrogen-bond acceptors (Lipinski definition) is 4. The van der Waals surface area contributed by atoms with Crippen molar-refractivity contribution < 1.29 is 4.39 Å². The van der Waals surface area contributed by atoms with Crippen molar-refractivity contribution in [2.24, 2.45) is 0 Å². The fraction of sp³-hybridized carbons (Fsp3) is 0.364. The summed E-state index contributed by atoms with van der Waals surface area (Å²) in [4.78, 5) is 2.05. The maximum absolute atomic E-state index is 13.2. The van der Waals surface area contributed by atoms with E-state index in [0.29, 0.717) is 17.9 Å². The van der Waals surface area contributed by atoms with Crippen LogP contribution < -0.4 is 4.90 Å². The van der Waals surface area contributed by atoms with Crippen molar-refractivity contribution in [3.63, 3.8) is 0 Å². The molecule has 17 heavy (non-hydrogen) atoms. The number of rotatable bonds is 4. The number of benzene rings is 1. The Kier molecular flexibility index (Phi) is 3.32. The Morgan fingerprint density at radius 2 is 2.24 bits per heavy atom. The third kappa shape index (κ3) is 2.58. The Labute approximate surface area is 98.6 Å². The van der Waals surface area contributed by atoms with Crippen LogP contribution >= 0.6 is 0 Å². The Bertz CT molecular complexity index is 483. The highest BCUT2D eigenvalue weighted by Gasteiger charge is 2.09. The predicted octanol–water partition coefficient (Wildman–Crippen LogP) is 1.67. The van der Waals surface area contributed by atoms with Crippen LogP contribution in [-0.4, -0.2) is 27.2 Å². The zero-order valence-electron chi connectivity index (χ0n) is 9.81. The van der Waals surface area contributed by atoms with Crippen LogP contribution in [0.15, 0.2) is 18.2 Å². The molecule has 2 aromatic rings. The van der Waals surface area contributed by atoms with Crippen molar-refractivity contribution in [1.29, 1.82) is 0 Å². The van der Waals surface area contributed by atoms with Crippen LogP contribution in [0.3, 0.4) is 0 Å². The van der Waals surface area contributed by atoms with Gasteiger partial charge in [0.25, 0.3) is 0 Å². The van der Waals surface area contributed by atoms with Gasteiger partial charge in [-0.15, -0.1) is 10.2 Å². The van der Waals surface area contributed by atoms with Gasteiger partial charge in [-0.2, -0.15) is 5.21 Å². The fourth-order valence-corrected chi connectivity index (χ4v) is 1.63. The number of anilines is 1. The first-order valence-electron chi connectivity index (χ1n) is 5.44. The number of hydrogen-bond donors (Lipinski definition) is 1. The third-order valence-electron chi connectivity index (χ3n) is 2.61. The lowest BCUT2D eigenvalue weighted by molar-refractivity contribution is 0.618. The van der Waals surface area contributed by atoms with E-state index in [1.165, 1.54) is 6.07 Å². The number of nitrogens with one attached hydrogen (secondary N) is 1. The van der Waals surface area contributed by atoms with Crippen LogP contribution in [-0.2, 0) is 6.54 Å². The summed E-state index contributed by atoms with van der Waals surface area (Å²) in [5.74, 6) is 0.429. The largest absolute Gasteiger partial charge is 0.364 e. The molecule has 0 atom stereocenters. The van der Waals surface area contributed by atoms with Gasteiger partial charge in [0.1, 0.15) is 5.82 Å². The Morgan fingerprint density at radius 1 is 1.41 bits per heavy atom. The maximum Gasteiger partial charge on any atom is 0.193 e. The van der Waals surface area contributed by atoms with E-state index in [4.69, 9.17) is 0 Å². The predicted molar refractivity (Wildman–Crippen MR) is 62.0 cm³/mol. The minimum atomic E-state index is -0.190. The Morgan fingerprint density at radius 3 is 2.82 bits per heavy atom. The first-order chi connectivity index (χ1) is 8.20. The van der Waals surface area contributed by atoms with Gasteiger partial charge in [-0.05, 0) is 37.6 Å². The number of tetrazole rings is 1. The van der Waals surface area contributed by atoms with Crippen molar-refractivity contribution in [3.8, 4) is 0 Å². The number of aromatic nitrogens is 4. The summed E-state index contributed by atoms with van der Waals surface area (Å²) < 4.78 is 13.2. The van der Waals surface area contributed by atoms with Gasteiger partial charge in [-0.3, -0.25) is 0 Å². The smallest absolute Gasteiger partial charge is 0.193 e. The summed E-state index contributed by atoms with van der Waals surface area (Å²) >= 11 is 0. The molecule has 0 saturated heterocycles. The number of H-pyrrole nitrogens is 1. The monoisotopic (exact) mass is 235 g/mol. The molecule has 5 nitrogen and oxygen atoms in total.